The number of pyridine rings is 1. The Labute approximate surface area is 91.1 Å². The molecular formula is C10H12F3N3. The fourth-order valence-electron chi connectivity index (χ4n) is 1.63. The first-order valence-corrected chi connectivity index (χ1v) is 4.97. The average molecular weight is 231 g/mol. The van der Waals surface area contributed by atoms with Crippen molar-refractivity contribution in [3.63, 3.8) is 0 Å². The van der Waals surface area contributed by atoms with Crippen LogP contribution >= 0.6 is 0 Å². The van der Waals surface area contributed by atoms with Gasteiger partial charge in [0, 0.05) is 25.8 Å². The van der Waals surface area contributed by atoms with Gasteiger partial charge in [-0.25, -0.2) is 4.98 Å². The van der Waals surface area contributed by atoms with Gasteiger partial charge in [-0.05, 0) is 17.7 Å². The smallest absolute Gasteiger partial charge is 0.355 e. The third-order valence-electron chi connectivity index (χ3n) is 2.71. The van der Waals surface area contributed by atoms with Gasteiger partial charge in [-0.3, -0.25) is 0 Å². The van der Waals surface area contributed by atoms with Crippen LogP contribution in [0.3, 0.4) is 0 Å². The summed E-state index contributed by atoms with van der Waals surface area (Å²) in [5, 5.41) is 0. The largest absolute Gasteiger partial charge is 0.395 e. The lowest BCUT2D eigenvalue weighted by Gasteiger charge is -2.40. The van der Waals surface area contributed by atoms with E-state index in [1.807, 2.05) is 0 Å². The van der Waals surface area contributed by atoms with Crippen LogP contribution in [0.2, 0.25) is 0 Å². The van der Waals surface area contributed by atoms with Crippen LogP contribution in [0.1, 0.15) is 5.56 Å². The van der Waals surface area contributed by atoms with Crippen LogP contribution in [0.25, 0.3) is 0 Å². The van der Waals surface area contributed by atoms with Gasteiger partial charge in [-0.2, -0.15) is 13.2 Å². The predicted octanol–water partition coefficient (Wildman–Crippen LogP) is 1.54. The molecular weight excluding hydrogens is 219 g/mol. The molecule has 0 spiro atoms. The molecule has 1 aliphatic heterocycles. The summed E-state index contributed by atoms with van der Waals surface area (Å²) in [6.45, 7) is 0.348. The predicted molar refractivity (Wildman–Crippen MR) is 53.9 cm³/mol. The summed E-state index contributed by atoms with van der Waals surface area (Å²) in [6.07, 6.45) is -2.53. The molecule has 0 unspecified atom stereocenters. The number of hydrogen-bond acceptors (Lipinski definition) is 3. The Hall–Kier alpha value is -1.30. The SMILES string of the molecule is NCc1ccnc(N2CC(C(F)(F)F)C2)c1. The van der Waals surface area contributed by atoms with E-state index in [4.69, 9.17) is 5.73 Å². The highest BCUT2D eigenvalue weighted by molar-refractivity contribution is 5.44. The van der Waals surface area contributed by atoms with Gasteiger partial charge in [0.2, 0.25) is 0 Å². The van der Waals surface area contributed by atoms with E-state index in [1.54, 1.807) is 23.2 Å². The Kier molecular flexibility index (Phi) is 2.75. The van der Waals surface area contributed by atoms with Crippen LogP contribution in [0, 0.1) is 5.92 Å². The molecule has 2 rings (SSSR count). The van der Waals surface area contributed by atoms with Crippen LogP contribution in [0.15, 0.2) is 18.3 Å². The molecule has 0 saturated carbocycles. The molecule has 0 atom stereocenters. The maximum absolute atomic E-state index is 12.3. The van der Waals surface area contributed by atoms with Gasteiger partial charge in [-0.15, -0.1) is 0 Å². The maximum atomic E-state index is 12.3. The number of alkyl halides is 3. The number of aromatic nitrogens is 1. The van der Waals surface area contributed by atoms with E-state index >= 15 is 0 Å². The Morgan fingerprint density at radius 1 is 1.44 bits per heavy atom. The number of halogens is 3. The first-order chi connectivity index (χ1) is 7.50. The molecule has 3 nitrogen and oxygen atoms in total. The molecule has 0 bridgehead atoms. The summed E-state index contributed by atoms with van der Waals surface area (Å²) in [6, 6.07) is 3.48. The second-order valence-corrected chi connectivity index (χ2v) is 3.87. The maximum Gasteiger partial charge on any atom is 0.395 e. The first-order valence-electron chi connectivity index (χ1n) is 4.97. The number of nitrogens with two attached hydrogens (primary N) is 1. The van der Waals surface area contributed by atoms with Crippen LogP contribution in [0.4, 0.5) is 19.0 Å². The minimum atomic E-state index is -4.10. The molecule has 2 N–H and O–H groups in total. The lowest BCUT2D eigenvalue weighted by atomic mass is 9.99. The highest BCUT2D eigenvalue weighted by atomic mass is 19.4. The molecule has 16 heavy (non-hydrogen) atoms. The zero-order valence-electron chi connectivity index (χ0n) is 8.54. The van der Waals surface area contributed by atoms with Crippen LogP contribution < -0.4 is 10.6 Å². The number of nitrogens with zero attached hydrogens (tertiary/aromatic N) is 2. The molecule has 88 valence electrons. The van der Waals surface area contributed by atoms with Gasteiger partial charge in [-0.1, -0.05) is 0 Å². The summed E-state index contributed by atoms with van der Waals surface area (Å²) in [7, 11) is 0. The molecule has 0 radical (unpaired) electrons. The molecule has 1 fully saturated rings. The zero-order valence-corrected chi connectivity index (χ0v) is 8.54. The zero-order chi connectivity index (χ0) is 11.8. The van der Waals surface area contributed by atoms with E-state index in [0.717, 1.165) is 5.56 Å². The van der Waals surface area contributed by atoms with Crippen molar-refractivity contribution in [2.45, 2.75) is 12.7 Å². The third kappa shape index (κ3) is 2.11. The molecule has 0 aliphatic carbocycles. The van der Waals surface area contributed by atoms with E-state index in [1.165, 1.54) is 0 Å². The van der Waals surface area contributed by atoms with E-state index in [0.29, 0.717) is 12.4 Å². The Morgan fingerprint density at radius 3 is 2.69 bits per heavy atom. The van der Waals surface area contributed by atoms with E-state index in [9.17, 15) is 13.2 Å². The molecule has 1 aliphatic rings. The van der Waals surface area contributed by atoms with Crippen molar-refractivity contribution in [1.29, 1.82) is 0 Å². The quantitative estimate of drug-likeness (QED) is 0.839. The Bertz CT molecular complexity index is 372. The van der Waals surface area contributed by atoms with Crippen molar-refractivity contribution in [3.8, 4) is 0 Å². The van der Waals surface area contributed by atoms with E-state index < -0.39 is 12.1 Å². The van der Waals surface area contributed by atoms with E-state index in [-0.39, 0.29) is 13.1 Å². The minimum absolute atomic E-state index is 0.00940. The van der Waals surface area contributed by atoms with Gasteiger partial charge < -0.3 is 10.6 Å². The summed E-state index contributed by atoms with van der Waals surface area (Å²) in [5.74, 6) is -0.653. The van der Waals surface area contributed by atoms with Crippen molar-refractivity contribution < 1.29 is 13.2 Å². The van der Waals surface area contributed by atoms with Crippen molar-refractivity contribution in [2.75, 3.05) is 18.0 Å². The van der Waals surface area contributed by atoms with E-state index in [2.05, 4.69) is 4.98 Å². The topological polar surface area (TPSA) is 42.1 Å². The number of anilines is 1. The highest BCUT2D eigenvalue weighted by Gasteiger charge is 2.47. The normalized spacial score (nSPS) is 17.4. The van der Waals surface area contributed by atoms with Gasteiger partial charge in [0.25, 0.3) is 0 Å². The molecule has 1 saturated heterocycles. The highest BCUT2D eigenvalue weighted by Crippen LogP contribution is 2.35. The number of hydrogen-bond donors (Lipinski definition) is 1. The van der Waals surface area contributed by atoms with Crippen LogP contribution in [-0.4, -0.2) is 24.2 Å². The van der Waals surface area contributed by atoms with Gasteiger partial charge in [0.05, 0.1) is 5.92 Å². The Balaban J connectivity index is 2.01. The third-order valence-corrected chi connectivity index (χ3v) is 2.71. The van der Waals surface area contributed by atoms with Crippen LogP contribution in [0.5, 0.6) is 0 Å². The fourth-order valence-corrected chi connectivity index (χ4v) is 1.63. The molecule has 1 aromatic heterocycles. The lowest BCUT2D eigenvalue weighted by Crippen LogP contribution is -2.53. The molecule has 0 amide bonds. The summed E-state index contributed by atoms with van der Waals surface area (Å²) >= 11 is 0. The van der Waals surface area contributed by atoms with Crippen molar-refractivity contribution in [3.05, 3.63) is 23.9 Å². The lowest BCUT2D eigenvalue weighted by molar-refractivity contribution is -0.180. The molecule has 0 aromatic carbocycles. The molecule has 2 heterocycles. The summed E-state index contributed by atoms with van der Waals surface area (Å²) in [5.41, 5.74) is 6.32. The standard InChI is InChI=1S/C10H12F3N3/c11-10(12,13)8-5-16(6-8)9-3-7(4-14)1-2-15-9/h1-3,8H,4-6,14H2. The van der Waals surface area contributed by atoms with Crippen molar-refractivity contribution in [2.24, 2.45) is 11.7 Å². The minimum Gasteiger partial charge on any atom is -0.355 e. The molecule has 1 aromatic rings. The van der Waals surface area contributed by atoms with Crippen molar-refractivity contribution >= 4 is 5.82 Å². The second-order valence-electron chi connectivity index (χ2n) is 3.87. The summed E-state index contributed by atoms with van der Waals surface area (Å²) in [4.78, 5) is 5.64. The first kappa shape index (κ1) is 11.2. The average Bonchev–Trinajstić information content (AvgIpc) is 2.13. The number of rotatable bonds is 2. The Morgan fingerprint density at radius 2 is 2.12 bits per heavy atom. The fraction of sp³-hybridized carbons (Fsp3) is 0.500. The van der Waals surface area contributed by atoms with Gasteiger partial charge in [0.1, 0.15) is 5.82 Å². The van der Waals surface area contributed by atoms with Crippen molar-refractivity contribution in [1.82, 2.24) is 4.98 Å². The monoisotopic (exact) mass is 231 g/mol. The molecule has 6 heteroatoms. The van der Waals surface area contributed by atoms with Gasteiger partial charge >= 0.3 is 6.18 Å². The summed E-state index contributed by atoms with van der Waals surface area (Å²) < 4.78 is 36.8. The van der Waals surface area contributed by atoms with Crippen LogP contribution in [-0.2, 0) is 6.54 Å². The second kappa shape index (κ2) is 3.93. The van der Waals surface area contributed by atoms with Gasteiger partial charge in [0.15, 0.2) is 0 Å².